The molecule has 1 aliphatic heterocycles. The van der Waals surface area contributed by atoms with Gasteiger partial charge in [-0.2, -0.15) is 0 Å². The highest BCUT2D eigenvalue weighted by atomic mass is 79.9. The monoisotopic (exact) mass is 517 g/mol. The summed E-state index contributed by atoms with van der Waals surface area (Å²) in [5.74, 6) is 1.65. The maximum atomic E-state index is 6.47. The molecule has 166 valence electrons. The van der Waals surface area contributed by atoms with E-state index < -0.39 is 0 Å². The van der Waals surface area contributed by atoms with E-state index in [0.717, 1.165) is 39.4 Å². The van der Waals surface area contributed by atoms with Crippen LogP contribution in [0.1, 0.15) is 41.6 Å². The summed E-state index contributed by atoms with van der Waals surface area (Å²) >= 11 is 9.49. The lowest BCUT2D eigenvalue weighted by Crippen LogP contribution is -2.29. The second-order valence-electron chi connectivity index (χ2n) is 8.20. The van der Waals surface area contributed by atoms with Crippen LogP contribution in [0.4, 0.5) is 5.69 Å². The fraction of sp³-hybridized carbons (Fsp3) is 0.185. The van der Waals surface area contributed by atoms with E-state index in [4.69, 9.17) is 16.6 Å². The number of rotatable bonds is 5. The van der Waals surface area contributed by atoms with E-state index in [-0.39, 0.29) is 12.1 Å². The number of anilines is 1. The number of hydrogen-bond acceptors (Lipinski definition) is 3. The number of nitrogens with zero attached hydrogens (tertiary/aromatic N) is 2. The zero-order chi connectivity index (χ0) is 22.9. The Morgan fingerprint density at radius 3 is 2.58 bits per heavy atom. The third-order valence-electron chi connectivity index (χ3n) is 6.03. The van der Waals surface area contributed by atoms with Gasteiger partial charge in [-0.1, -0.05) is 47.1 Å². The number of furan rings is 1. The van der Waals surface area contributed by atoms with Gasteiger partial charge >= 0.3 is 0 Å². The van der Waals surface area contributed by atoms with Crippen molar-refractivity contribution in [3.05, 3.63) is 106 Å². The fourth-order valence-corrected chi connectivity index (χ4v) is 5.33. The topological polar surface area (TPSA) is 41.3 Å². The molecule has 4 aromatic rings. The summed E-state index contributed by atoms with van der Waals surface area (Å²) in [6.45, 7) is 4.23. The lowest BCUT2D eigenvalue weighted by Gasteiger charge is -2.26. The van der Waals surface area contributed by atoms with Crippen LogP contribution in [0.5, 0.6) is 0 Å². The number of halogens is 1. The van der Waals surface area contributed by atoms with E-state index in [9.17, 15) is 0 Å². The minimum atomic E-state index is -0.169. The highest BCUT2D eigenvalue weighted by molar-refractivity contribution is 9.10. The van der Waals surface area contributed by atoms with Crippen molar-refractivity contribution in [3.8, 4) is 11.3 Å². The van der Waals surface area contributed by atoms with Crippen molar-refractivity contribution in [3.63, 3.8) is 0 Å². The molecule has 5 rings (SSSR count). The molecule has 33 heavy (non-hydrogen) atoms. The normalized spacial score (nSPS) is 17.9. The first-order valence-electron chi connectivity index (χ1n) is 11.0. The molecule has 1 saturated heterocycles. The van der Waals surface area contributed by atoms with Gasteiger partial charge in [-0.25, -0.2) is 0 Å². The molecular formula is C27H24BrN3OS. The molecule has 1 aliphatic rings. The standard InChI is InChI=1S/C27H24BrN3OS/c1-3-18-8-10-19(11-9-18)31-26(25(30-27(31)33)22-6-4-5-15-29-22)24-14-13-23(32-24)20-12-7-17(2)16-21(20)28/h4-16,25-26H,3H2,1-2H3,(H,30,33)/t25-,26-/m0/s1. The molecule has 1 fully saturated rings. The first kappa shape index (κ1) is 21.9. The minimum Gasteiger partial charge on any atom is -0.459 e. The van der Waals surface area contributed by atoms with Crippen LogP contribution in [-0.4, -0.2) is 10.1 Å². The maximum absolute atomic E-state index is 6.47. The predicted octanol–water partition coefficient (Wildman–Crippen LogP) is 7.15. The molecule has 0 aliphatic carbocycles. The molecular weight excluding hydrogens is 494 g/mol. The van der Waals surface area contributed by atoms with Gasteiger partial charge in [0.15, 0.2) is 5.11 Å². The molecule has 2 aromatic heterocycles. The molecule has 0 radical (unpaired) electrons. The molecule has 1 N–H and O–H groups in total. The van der Waals surface area contributed by atoms with Crippen LogP contribution in [0, 0.1) is 6.92 Å². The second kappa shape index (κ2) is 9.12. The molecule has 0 saturated carbocycles. The van der Waals surface area contributed by atoms with Gasteiger partial charge in [-0.3, -0.25) is 4.98 Å². The molecule has 0 bridgehead atoms. The number of aryl methyl sites for hydroxylation is 2. The van der Waals surface area contributed by atoms with Gasteiger partial charge in [0.1, 0.15) is 17.6 Å². The van der Waals surface area contributed by atoms with Gasteiger partial charge < -0.3 is 14.6 Å². The van der Waals surface area contributed by atoms with Crippen molar-refractivity contribution in [2.24, 2.45) is 0 Å². The smallest absolute Gasteiger partial charge is 0.174 e. The molecule has 2 aromatic carbocycles. The van der Waals surface area contributed by atoms with E-state index in [1.165, 1.54) is 11.1 Å². The lowest BCUT2D eigenvalue weighted by molar-refractivity contribution is 0.439. The number of pyridine rings is 1. The van der Waals surface area contributed by atoms with Gasteiger partial charge in [0, 0.05) is 21.9 Å². The summed E-state index contributed by atoms with van der Waals surface area (Å²) in [4.78, 5) is 6.76. The van der Waals surface area contributed by atoms with Gasteiger partial charge in [0.05, 0.1) is 11.7 Å². The number of hydrogen-bond donors (Lipinski definition) is 1. The Kier molecular flexibility index (Phi) is 6.04. The van der Waals surface area contributed by atoms with Crippen molar-refractivity contribution >= 4 is 38.9 Å². The zero-order valence-electron chi connectivity index (χ0n) is 18.5. The van der Waals surface area contributed by atoms with Crippen molar-refractivity contribution < 1.29 is 4.42 Å². The van der Waals surface area contributed by atoms with E-state index in [0.29, 0.717) is 5.11 Å². The second-order valence-corrected chi connectivity index (χ2v) is 9.44. The molecule has 3 heterocycles. The zero-order valence-corrected chi connectivity index (χ0v) is 20.9. The van der Waals surface area contributed by atoms with Crippen LogP contribution >= 0.6 is 28.1 Å². The SMILES string of the molecule is CCc1ccc(N2C(=S)N[C@@H](c3ccccn3)[C@@H]2c2ccc(-c3ccc(C)cc3Br)o2)cc1. The Morgan fingerprint density at radius 1 is 1.06 bits per heavy atom. The summed E-state index contributed by atoms with van der Waals surface area (Å²) in [6, 6.07) is 24.5. The summed E-state index contributed by atoms with van der Waals surface area (Å²) < 4.78 is 7.48. The Balaban J connectivity index is 1.59. The summed E-state index contributed by atoms with van der Waals surface area (Å²) in [7, 11) is 0. The van der Waals surface area contributed by atoms with Crippen LogP contribution in [-0.2, 0) is 6.42 Å². The largest absolute Gasteiger partial charge is 0.459 e. The number of benzene rings is 2. The Bertz CT molecular complexity index is 1290. The van der Waals surface area contributed by atoms with Gasteiger partial charge in [0.25, 0.3) is 0 Å². The first-order chi connectivity index (χ1) is 16.0. The molecule has 4 nitrogen and oxygen atoms in total. The fourth-order valence-electron chi connectivity index (χ4n) is 4.29. The maximum Gasteiger partial charge on any atom is 0.174 e. The Morgan fingerprint density at radius 2 is 1.88 bits per heavy atom. The average molecular weight is 518 g/mol. The van der Waals surface area contributed by atoms with Crippen molar-refractivity contribution in [1.82, 2.24) is 10.3 Å². The summed E-state index contributed by atoms with van der Waals surface area (Å²) in [6.07, 6.45) is 2.81. The lowest BCUT2D eigenvalue weighted by atomic mass is 10.0. The summed E-state index contributed by atoms with van der Waals surface area (Å²) in [5, 5.41) is 4.15. The van der Waals surface area contributed by atoms with E-state index in [1.807, 2.05) is 36.5 Å². The van der Waals surface area contributed by atoms with Crippen LogP contribution < -0.4 is 10.2 Å². The quantitative estimate of drug-likeness (QED) is 0.284. The predicted molar refractivity (Wildman–Crippen MR) is 140 cm³/mol. The third-order valence-corrected chi connectivity index (χ3v) is 7.00. The molecule has 6 heteroatoms. The molecule has 0 amide bonds. The van der Waals surface area contributed by atoms with Crippen molar-refractivity contribution in [2.45, 2.75) is 32.4 Å². The van der Waals surface area contributed by atoms with Gasteiger partial charge in [0.2, 0.25) is 0 Å². The number of nitrogens with one attached hydrogen (secondary N) is 1. The Hall–Kier alpha value is -2.96. The van der Waals surface area contributed by atoms with Gasteiger partial charge in [-0.05, 0) is 85.2 Å². The van der Waals surface area contributed by atoms with Crippen molar-refractivity contribution in [1.29, 1.82) is 0 Å². The highest BCUT2D eigenvalue weighted by Crippen LogP contribution is 2.43. The van der Waals surface area contributed by atoms with Crippen LogP contribution in [0.3, 0.4) is 0 Å². The van der Waals surface area contributed by atoms with Crippen LogP contribution in [0.2, 0.25) is 0 Å². The van der Waals surface area contributed by atoms with Crippen LogP contribution in [0.15, 0.2) is 87.9 Å². The average Bonchev–Trinajstić information content (AvgIpc) is 3.44. The number of thiocarbonyl (C=S) groups is 1. The first-order valence-corrected chi connectivity index (χ1v) is 12.2. The molecule has 0 unspecified atom stereocenters. The van der Waals surface area contributed by atoms with Gasteiger partial charge in [-0.15, -0.1) is 0 Å². The van der Waals surface area contributed by atoms with Crippen LogP contribution in [0.25, 0.3) is 11.3 Å². The third kappa shape index (κ3) is 4.21. The van der Waals surface area contributed by atoms with E-state index >= 15 is 0 Å². The van der Waals surface area contributed by atoms with Crippen molar-refractivity contribution in [2.75, 3.05) is 4.90 Å². The number of aromatic nitrogens is 1. The van der Waals surface area contributed by atoms with E-state index in [1.54, 1.807) is 0 Å². The Labute approximate surface area is 207 Å². The summed E-state index contributed by atoms with van der Waals surface area (Å²) in [5.41, 5.74) is 5.46. The minimum absolute atomic E-state index is 0.134. The van der Waals surface area contributed by atoms with E-state index in [2.05, 4.69) is 87.4 Å². The molecule has 2 atom stereocenters. The highest BCUT2D eigenvalue weighted by Gasteiger charge is 2.42. The molecule has 0 spiro atoms.